The van der Waals surface area contributed by atoms with E-state index in [4.69, 9.17) is 9.47 Å². The van der Waals surface area contributed by atoms with E-state index in [9.17, 15) is 5.26 Å². The second-order valence-corrected chi connectivity index (χ2v) is 6.60. The van der Waals surface area contributed by atoms with Crippen molar-refractivity contribution in [3.05, 3.63) is 23.8 Å². The molecule has 21 heavy (non-hydrogen) atoms. The number of nitriles is 1. The molecule has 2 fully saturated rings. The quantitative estimate of drug-likeness (QED) is 0.803. The van der Waals surface area contributed by atoms with Crippen LogP contribution in [0.5, 0.6) is 0 Å². The molecule has 0 atom stereocenters. The molecule has 1 spiro atoms. The molecule has 0 N–H and O–H groups in total. The Bertz CT molecular complexity index is 540. The van der Waals surface area contributed by atoms with Crippen molar-refractivity contribution in [1.82, 2.24) is 0 Å². The van der Waals surface area contributed by atoms with Crippen molar-refractivity contribution in [1.29, 1.82) is 5.26 Å². The third-order valence-corrected chi connectivity index (χ3v) is 5.04. The van der Waals surface area contributed by atoms with Gasteiger partial charge in [-0.3, -0.25) is 0 Å². The molecule has 2 aliphatic rings. The van der Waals surface area contributed by atoms with Crippen LogP contribution in [-0.2, 0) is 9.47 Å². The van der Waals surface area contributed by atoms with Crippen LogP contribution in [0.3, 0.4) is 0 Å². The lowest BCUT2D eigenvalue weighted by Gasteiger charge is -2.39. The normalized spacial score (nSPS) is 20.7. The van der Waals surface area contributed by atoms with Gasteiger partial charge in [0.2, 0.25) is 0 Å². The first kappa shape index (κ1) is 14.7. The van der Waals surface area contributed by atoms with E-state index in [0.29, 0.717) is 13.2 Å². The fraction of sp³-hybridized carbons (Fsp3) is 0.562. The molecular weight excluding hydrogens is 284 g/mol. The van der Waals surface area contributed by atoms with Gasteiger partial charge >= 0.3 is 0 Å². The second kappa shape index (κ2) is 6.27. The lowest BCUT2D eigenvalue weighted by Crippen LogP contribution is -2.45. The molecule has 2 aliphatic heterocycles. The number of thioether (sulfide) groups is 1. The highest BCUT2D eigenvalue weighted by molar-refractivity contribution is 7.99. The monoisotopic (exact) mass is 304 g/mol. The van der Waals surface area contributed by atoms with E-state index in [1.807, 2.05) is 18.2 Å². The molecule has 0 bridgehead atoms. The maximum absolute atomic E-state index is 9.52. The molecule has 0 amide bonds. The van der Waals surface area contributed by atoms with Crippen molar-refractivity contribution in [3.63, 3.8) is 0 Å². The Kier molecular flexibility index (Phi) is 4.39. The van der Waals surface area contributed by atoms with E-state index in [2.05, 4.69) is 17.9 Å². The van der Waals surface area contributed by atoms with Crippen LogP contribution in [0.25, 0.3) is 0 Å². The van der Waals surface area contributed by atoms with Crippen LogP contribution in [0.15, 0.2) is 23.1 Å². The van der Waals surface area contributed by atoms with Crippen molar-refractivity contribution >= 4 is 17.4 Å². The number of piperidine rings is 1. The SMILES string of the molecule is CCSc1cccc(N2CCC3(CC2)OCCO3)c1C#N. The highest BCUT2D eigenvalue weighted by Crippen LogP contribution is 2.36. The minimum atomic E-state index is -0.362. The highest BCUT2D eigenvalue weighted by atomic mass is 32.2. The first-order valence-corrected chi connectivity index (χ1v) is 8.45. The van der Waals surface area contributed by atoms with Gasteiger partial charge in [0.05, 0.1) is 24.5 Å². The Morgan fingerprint density at radius 2 is 2.00 bits per heavy atom. The molecule has 4 nitrogen and oxygen atoms in total. The van der Waals surface area contributed by atoms with Gasteiger partial charge in [0.1, 0.15) is 6.07 Å². The summed E-state index contributed by atoms with van der Waals surface area (Å²) in [4.78, 5) is 3.36. The Morgan fingerprint density at radius 3 is 2.62 bits per heavy atom. The van der Waals surface area contributed by atoms with E-state index >= 15 is 0 Å². The highest BCUT2D eigenvalue weighted by Gasteiger charge is 2.40. The molecule has 1 aromatic rings. The number of rotatable bonds is 3. The molecule has 1 aromatic carbocycles. The molecule has 3 rings (SSSR count). The maximum atomic E-state index is 9.52. The molecule has 2 saturated heterocycles. The third kappa shape index (κ3) is 2.89. The predicted molar refractivity (Wildman–Crippen MR) is 83.6 cm³/mol. The van der Waals surface area contributed by atoms with Crippen LogP contribution in [0.1, 0.15) is 25.3 Å². The van der Waals surface area contributed by atoms with Gasteiger partial charge in [0.15, 0.2) is 5.79 Å². The van der Waals surface area contributed by atoms with Crippen molar-refractivity contribution in [2.24, 2.45) is 0 Å². The zero-order chi connectivity index (χ0) is 14.7. The fourth-order valence-electron chi connectivity index (χ4n) is 3.05. The Hall–Kier alpha value is -1.22. The van der Waals surface area contributed by atoms with Gasteiger partial charge in [0.25, 0.3) is 0 Å². The summed E-state index contributed by atoms with van der Waals surface area (Å²) in [7, 11) is 0. The zero-order valence-electron chi connectivity index (χ0n) is 12.3. The minimum absolute atomic E-state index is 0.362. The average molecular weight is 304 g/mol. The molecule has 0 radical (unpaired) electrons. The Morgan fingerprint density at radius 1 is 1.29 bits per heavy atom. The third-order valence-electron chi connectivity index (χ3n) is 4.10. The van der Waals surface area contributed by atoms with Gasteiger partial charge in [-0.2, -0.15) is 5.26 Å². The van der Waals surface area contributed by atoms with Crippen LogP contribution in [0, 0.1) is 11.3 Å². The van der Waals surface area contributed by atoms with Crippen molar-refractivity contribution in [2.45, 2.75) is 30.4 Å². The van der Waals surface area contributed by atoms with Crippen LogP contribution >= 0.6 is 11.8 Å². The number of anilines is 1. The average Bonchev–Trinajstić information content (AvgIpc) is 2.96. The molecule has 0 unspecified atom stereocenters. The predicted octanol–water partition coefficient (Wildman–Crippen LogP) is 3.01. The van der Waals surface area contributed by atoms with Crippen LogP contribution in [-0.4, -0.2) is 37.8 Å². The smallest absolute Gasteiger partial charge is 0.171 e. The van der Waals surface area contributed by atoms with Crippen molar-refractivity contribution < 1.29 is 9.47 Å². The summed E-state index contributed by atoms with van der Waals surface area (Å²) in [5.74, 6) is 0.613. The lowest BCUT2D eigenvalue weighted by atomic mass is 10.0. The van der Waals surface area contributed by atoms with E-state index in [1.54, 1.807) is 11.8 Å². The van der Waals surface area contributed by atoms with Gasteiger partial charge in [-0.15, -0.1) is 11.8 Å². The van der Waals surface area contributed by atoms with Crippen molar-refractivity contribution in [3.8, 4) is 6.07 Å². The zero-order valence-corrected chi connectivity index (χ0v) is 13.1. The first-order chi connectivity index (χ1) is 10.3. The summed E-state index contributed by atoms with van der Waals surface area (Å²) in [5, 5.41) is 9.52. The molecule has 0 saturated carbocycles. The number of hydrogen-bond donors (Lipinski definition) is 0. The number of nitrogens with zero attached hydrogens (tertiary/aromatic N) is 2. The van der Waals surface area contributed by atoms with E-state index in [0.717, 1.165) is 47.8 Å². The van der Waals surface area contributed by atoms with Gasteiger partial charge in [0, 0.05) is 30.8 Å². The van der Waals surface area contributed by atoms with Gasteiger partial charge in [-0.1, -0.05) is 13.0 Å². The molecular formula is C16H20N2O2S. The summed E-state index contributed by atoms with van der Waals surface area (Å²) < 4.78 is 11.5. The van der Waals surface area contributed by atoms with Crippen molar-refractivity contribution in [2.75, 3.05) is 37.0 Å². The standard InChI is InChI=1S/C16H20N2O2S/c1-2-21-15-5-3-4-14(13(15)12-17)18-8-6-16(7-9-18)19-10-11-20-16/h3-5H,2,6-11H2,1H3. The number of benzene rings is 1. The number of ether oxygens (including phenoxy) is 2. The summed E-state index contributed by atoms with van der Waals surface area (Å²) in [6.07, 6.45) is 1.73. The first-order valence-electron chi connectivity index (χ1n) is 7.47. The maximum Gasteiger partial charge on any atom is 0.171 e. The molecule has 5 heteroatoms. The molecule has 0 aromatic heterocycles. The van der Waals surface area contributed by atoms with Crippen LogP contribution < -0.4 is 4.90 Å². The largest absolute Gasteiger partial charge is 0.370 e. The summed E-state index contributed by atoms with van der Waals surface area (Å²) in [6.45, 7) is 5.25. The topological polar surface area (TPSA) is 45.5 Å². The molecule has 112 valence electrons. The summed E-state index contributed by atoms with van der Waals surface area (Å²) in [5.41, 5.74) is 1.84. The van der Waals surface area contributed by atoms with E-state index < -0.39 is 0 Å². The van der Waals surface area contributed by atoms with Gasteiger partial charge in [-0.25, -0.2) is 0 Å². The van der Waals surface area contributed by atoms with Gasteiger partial charge < -0.3 is 14.4 Å². The number of hydrogen-bond acceptors (Lipinski definition) is 5. The van der Waals surface area contributed by atoms with Gasteiger partial charge in [-0.05, 0) is 17.9 Å². The fourth-order valence-corrected chi connectivity index (χ4v) is 3.83. The Labute approximate surface area is 130 Å². The van der Waals surface area contributed by atoms with Crippen LogP contribution in [0.2, 0.25) is 0 Å². The lowest BCUT2D eigenvalue weighted by molar-refractivity contribution is -0.169. The summed E-state index contributed by atoms with van der Waals surface area (Å²) >= 11 is 1.72. The minimum Gasteiger partial charge on any atom is -0.370 e. The summed E-state index contributed by atoms with van der Waals surface area (Å²) in [6, 6.07) is 8.51. The van der Waals surface area contributed by atoms with E-state index in [1.165, 1.54) is 0 Å². The van der Waals surface area contributed by atoms with Crippen LogP contribution in [0.4, 0.5) is 5.69 Å². The molecule has 0 aliphatic carbocycles. The second-order valence-electron chi connectivity index (χ2n) is 5.29. The van der Waals surface area contributed by atoms with E-state index in [-0.39, 0.29) is 5.79 Å². The Balaban J connectivity index is 1.79. The molecule has 2 heterocycles.